The lowest BCUT2D eigenvalue weighted by atomic mass is 10.2. The Bertz CT molecular complexity index is 761. The molecule has 1 aliphatic carbocycles. The van der Waals surface area contributed by atoms with Crippen molar-refractivity contribution >= 4 is 33.4 Å². The third kappa shape index (κ3) is 2.43. The number of sulfonamides is 1. The van der Waals surface area contributed by atoms with Crippen LogP contribution in [0.25, 0.3) is 0 Å². The van der Waals surface area contributed by atoms with E-state index in [2.05, 4.69) is 5.32 Å². The van der Waals surface area contributed by atoms with Crippen molar-refractivity contribution in [2.75, 3.05) is 30.4 Å². The Morgan fingerprint density at radius 3 is 2.67 bits per heavy atom. The Kier molecular flexibility index (Phi) is 3.81. The summed E-state index contributed by atoms with van der Waals surface area (Å²) in [7, 11) is -2.03. The average molecular weight is 368 g/mol. The summed E-state index contributed by atoms with van der Waals surface area (Å²) in [4.78, 5) is 12.7. The molecule has 1 saturated carbocycles. The molecule has 2 saturated heterocycles. The number of fused-ring (bicyclic) bond motifs is 1. The van der Waals surface area contributed by atoms with E-state index in [1.165, 1.54) is 4.31 Å². The van der Waals surface area contributed by atoms with E-state index in [1.54, 1.807) is 19.2 Å². The van der Waals surface area contributed by atoms with Gasteiger partial charge in [-0.25, -0.2) is 12.7 Å². The van der Waals surface area contributed by atoms with E-state index in [0.29, 0.717) is 18.7 Å². The van der Waals surface area contributed by atoms with Gasteiger partial charge >= 0.3 is 0 Å². The molecular weight excluding hydrogens is 348 g/mol. The van der Waals surface area contributed by atoms with Crippen molar-refractivity contribution in [3.63, 3.8) is 0 Å². The first-order valence-electron chi connectivity index (χ1n) is 8.05. The summed E-state index contributed by atoms with van der Waals surface area (Å²) in [5.74, 6) is 2.31. The van der Waals surface area contributed by atoms with Crippen LogP contribution in [0.15, 0.2) is 24.3 Å². The van der Waals surface area contributed by atoms with Gasteiger partial charge < -0.3 is 10.1 Å². The van der Waals surface area contributed by atoms with Crippen molar-refractivity contribution in [2.24, 2.45) is 5.92 Å². The summed E-state index contributed by atoms with van der Waals surface area (Å²) >= 11 is 1.85. The number of hydrogen-bond donors (Lipinski definition) is 1. The minimum Gasteiger partial charge on any atom is -0.489 e. The molecule has 0 bridgehead atoms. The number of ether oxygens (including phenoxy) is 1. The summed E-state index contributed by atoms with van der Waals surface area (Å²) in [6.07, 6.45) is 1.44. The second kappa shape index (κ2) is 5.64. The minimum atomic E-state index is -3.57. The van der Waals surface area contributed by atoms with E-state index >= 15 is 0 Å². The molecule has 8 heteroatoms. The van der Waals surface area contributed by atoms with Gasteiger partial charge in [0.2, 0.25) is 15.9 Å². The molecule has 24 heavy (non-hydrogen) atoms. The van der Waals surface area contributed by atoms with E-state index in [9.17, 15) is 13.2 Å². The number of nitrogens with zero attached hydrogens (tertiary/aromatic N) is 1. The zero-order valence-corrected chi connectivity index (χ0v) is 15.0. The van der Waals surface area contributed by atoms with E-state index in [4.69, 9.17) is 4.74 Å². The summed E-state index contributed by atoms with van der Waals surface area (Å²) in [6, 6.07) is 7.13. The molecule has 2 atom stereocenters. The van der Waals surface area contributed by atoms with Crippen LogP contribution in [0.2, 0.25) is 0 Å². The summed E-state index contributed by atoms with van der Waals surface area (Å²) in [6.45, 7) is 0.494. The number of rotatable bonds is 4. The number of benzene rings is 1. The van der Waals surface area contributed by atoms with Crippen LogP contribution in [0.4, 0.5) is 5.69 Å². The van der Waals surface area contributed by atoms with E-state index in [0.717, 1.165) is 23.7 Å². The van der Waals surface area contributed by atoms with Crippen LogP contribution in [0.3, 0.4) is 0 Å². The number of thioether (sulfide) groups is 1. The number of hydrogen-bond acceptors (Lipinski definition) is 5. The van der Waals surface area contributed by atoms with Gasteiger partial charge in [0.1, 0.15) is 11.9 Å². The van der Waals surface area contributed by atoms with Gasteiger partial charge in [0.05, 0.1) is 0 Å². The van der Waals surface area contributed by atoms with Gasteiger partial charge in [-0.2, -0.15) is 11.8 Å². The maximum atomic E-state index is 12.7. The van der Waals surface area contributed by atoms with E-state index in [-0.39, 0.29) is 12.0 Å². The van der Waals surface area contributed by atoms with Gasteiger partial charge in [-0.15, -0.1) is 0 Å². The summed E-state index contributed by atoms with van der Waals surface area (Å²) in [5.41, 5.74) is 0.596. The molecule has 2 unspecified atom stereocenters. The molecule has 3 fully saturated rings. The Morgan fingerprint density at radius 2 is 2.04 bits per heavy atom. The fourth-order valence-electron chi connectivity index (χ4n) is 3.42. The van der Waals surface area contributed by atoms with Gasteiger partial charge in [0, 0.05) is 30.8 Å². The lowest BCUT2D eigenvalue weighted by Gasteiger charge is -2.29. The first kappa shape index (κ1) is 16.2. The van der Waals surface area contributed by atoms with Crippen molar-refractivity contribution in [3.8, 4) is 5.75 Å². The van der Waals surface area contributed by atoms with Crippen LogP contribution in [0, 0.1) is 5.92 Å². The third-order valence-corrected chi connectivity index (χ3v) is 8.94. The molecule has 1 N–H and O–H groups in total. The van der Waals surface area contributed by atoms with Gasteiger partial charge in [-0.1, -0.05) is 0 Å². The topological polar surface area (TPSA) is 75.7 Å². The molecule has 1 aromatic carbocycles. The predicted octanol–water partition coefficient (Wildman–Crippen LogP) is 1.54. The molecule has 3 aliphatic rings. The van der Waals surface area contributed by atoms with Crippen LogP contribution < -0.4 is 10.1 Å². The van der Waals surface area contributed by atoms with Crippen molar-refractivity contribution in [1.29, 1.82) is 0 Å². The molecule has 0 radical (unpaired) electrons. The van der Waals surface area contributed by atoms with Crippen molar-refractivity contribution in [1.82, 2.24) is 4.31 Å². The Balaban J connectivity index is 1.46. The zero-order valence-electron chi connectivity index (χ0n) is 13.4. The standard InChI is InChI=1S/C16H20N2O4S2/c1-18-7-6-11-8-16(11,24(18,20)21)15(19)17-12-2-4-13(5-3-12)22-14-9-23-10-14/h2-5,11,14H,6-10H2,1H3,(H,17,19). The highest BCUT2D eigenvalue weighted by Crippen LogP contribution is 2.56. The molecule has 2 aliphatic heterocycles. The lowest BCUT2D eigenvalue weighted by Crippen LogP contribution is -2.50. The number of nitrogens with one attached hydrogen (secondary N) is 1. The number of anilines is 1. The number of carbonyl (C=O) groups excluding carboxylic acids is 1. The normalized spacial score (nSPS) is 31.6. The Labute approximate surface area is 146 Å². The highest BCUT2D eigenvalue weighted by Gasteiger charge is 2.71. The Morgan fingerprint density at radius 1 is 1.33 bits per heavy atom. The maximum Gasteiger partial charge on any atom is 0.247 e. The molecule has 0 spiro atoms. The van der Waals surface area contributed by atoms with Gasteiger partial charge in [-0.3, -0.25) is 4.79 Å². The van der Waals surface area contributed by atoms with Crippen LogP contribution in [0.5, 0.6) is 5.75 Å². The number of carbonyl (C=O) groups is 1. The molecule has 4 rings (SSSR count). The monoisotopic (exact) mass is 368 g/mol. The van der Waals surface area contributed by atoms with Crippen molar-refractivity contribution < 1.29 is 17.9 Å². The first-order chi connectivity index (χ1) is 11.4. The second-order valence-corrected chi connectivity index (χ2v) is 10.0. The van der Waals surface area contributed by atoms with Crippen LogP contribution in [-0.4, -0.2) is 54.6 Å². The molecule has 0 aromatic heterocycles. The van der Waals surface area contributed by atoms with Crippen LogP contribution in [-0.2, 0) is 14.8 Å². The molecule has 6 nitrogen and oxygen atoms in total. The molecule has 130 valence electrons. The fourth-order valence-corrected chi connectivity index (χ4v) is 6.12. The average Bonchev–Trinajstić information content (AvgIpc) is 3.26. The zero-order chi connectivity index (χ0) is 16.9. The van der Waals surface area contributed by atoms with Gasteiger partial charge in [0.15, 0.2) is 4.75 Å². The highest BCUT2D eigenvalue weighted by atomic mass is 32.2. The fraction of sp³-hybridized carbons (Fsp3) is 0.562. The van der Waals surface area contributed by atoms with Gasteiger partial charge in [0.25, 0.3) is 0 Å². The SMILES string of the molecule is CN1CCC2CC2(C(=O)Nc2ccc(OC3CSC3)cc2)S1(=O)=O. The summed E-state index contributed by atoms with van der Waals surface area (Å²) in [5, 5.41) is 2.77. The van der Waals surface area contributed by atoms with E-state index < -0.39 is 20.7 Å². The van der Waals surface area contributed by atoms with Crippen LogP contribution in [0.1, 0.15) is 12.8 Å². The molecular formula is C16H20N2O4S2. The second-order valence-electron chi connectivity index (χ2n) is 6.66. The van der Waals surface area contributed by atoms with Crippen LogP contribution >= 0.6 is 11.8 Å². The molecule has 1 amide bonds. The van der Waals surface area contributed by atoms with Gasteiger partial charge in [-0.05, 0) is 43.0 Å². The number of amides is 1. The molecule has 2 heterocycles. The summed E-state index contributed by atoms with van der Waals surface area (Å²) < 4.78 is 30.9. The van der Waals surface area contributed by atoms with Crippen molar-refractivity contribution in [2.45, 2.75) is 23.7 Å². The van der Waals surface area contributed by atoms with Crippen molar-refractivity contribution in [3.05, 3.63) is 24.3 Å². The lowest BCUT2D eigenvalue weighted by molar-refractivity contribution is -0.117. The Hall–Kier alpha value is -1.25. The first-order valence-corrected chi connectivity index (χ1v) is 10.6. The largest absolute Gasteiger partial charge is 0.489 e. The molecule has 1 aromatic rings. The third-order valence-electron chi connectivity index (χ3n) is 5.12. The predicted molar refractivity (Wildman–Crippen MR) is 93.8 cm³/mol. The smallest absolute Gasteiger partial charge is 0.247 e. The maximum absolute atomic E-state index is 12.7. The minimum absolute atomic E-state index is 0.0579. The van der Waals surface area contributed by atoms with E-state index in [1.807, 2.05) is 23.9 Å². The highest BCUT2D eigenvalue weighted by molar-refractivity contribution is 8.00. The quantitative estimate of drug-likeness (QED) is 0.873.